The molecule has 0 aliphatic carbocycles. The Labute approximate surface area is 176 Å². The van der Waals surface area contributed by atoms with E-state index in [0.717, 1.165) is 10.4 Å². The molecular formula is C20H17N3O5S2. The van der Waals surface area contributed by atoms with Crippen molar-refractivity contribution in [2.24, 2.45) is 0 Å². The maximum absolute atomic E-state index is 13.0. The molecule has 10 heteroatoms. The van der Waals surface area contributed by atoms with E-state index in [9.17, 15) is 18.0 Å². The Balaban J connectivity index is 1.44. The molecule has 154 valence electrons. The molecule has 3 aromatic rings. The number of carbonyl (C=O) groups is 2. The summed E-state index contributed by atoms with van der Waals surface area (Å²) >= 11 is 1.35. The number of nitrogens with zero attached hydrogens (tertiary/aromatic N) is 1. The Bertz CT molecular complexity index is 1190. The molecular weight excluding hydrogens is 426 g/mol. The van der Waals surface area contributed by atoms with Gasteiger partial charge >= 0.3 is 0 Å². The van der Waals surface area contributed by atoms with Gasteiger partial charge in [-0.1, -0.05) is 6.58 Å². The maximum Gasteiger partial charge on any atom is 0.291 e. The summed E-state index contributed by atoms with van der Waals surface area (Å²) in [5.41, 5.74) is 1.32. The van der Waals surface area contributed by atoms with Crippen LogP contribution in [0.25, 0.3) is 0 Å². The second-order valence-corrected chi connectivity index (χ2v) is 9.56. The third-order valence-electron chi connectivity index (χ3n) is 4.49. The topological polar surface area (TPSA) is 109 Å². The summed E-state index contributed by atoms with van der Waals surface area (Å²) in [5.74, 6) is -0.559. The van der Waals surface area contributed by atoms with Gasteiger partial charge in [0.15, 0.2) is 5.76 Å². The maximum atomic E-state index is 13.0. The first-order valence-electron chi connectivity index (χ1n) is 8.87. The highest BCUT2D eigenvalue weighted by Gasteiger charge is 2.32. The molecule has 3 heterocycles. The zero-order valence-corrected chi connectivity index (χ0v) is 17.3. The fraction of sp³-hybridized carbons (Fsp3) is 0.100. The molecule has 0 saturated heterocycles. The minimum atomic E-state index is -3.70. The first kappa shape index (κ1) is 20.1. The third kappa shape index (κ3) is 3.92. The largest absolute Gasteiger partial charge is 0.459 e. The normalized spacial score (nSPS) is 13.6. The number of nitrogens with one attached hydrogen (secondary N) is 2. The quantitative estimate of drug-likeness (QED) is 0.568. The number of anilines is 2. The van der Waals surface area contributed by atoms with Crippen LogP contribution < -0.4 is 10.6 Å². The zero-order valence-electron chi connectivity index (χ0n) is 15.6. The number of sulfonamides is 1. The lowest BCUT2D eigenvalue weighted by Gasteiger charge is -2.16. The van der Waals surface area contributed by atoms with Crippen LogP contribution in [0.3, 0.4) is 0 Å². The lowest BCUT2D eigenvalue weighted by molar-refractivity contribution is -0.111. The summed E-state index contributed by atoms with van der Waals surface area (Å²) < 4.78 is 32.4. The predicted octanol–water partition coefficient (Wildman–Crippen LogP) is 3.42. The Morgan fingerprint density at radius 2 is 1.90 bits per heavy atom. The molecule has 2 aromatic heterocycles. The molecule has 2 amide bonds. The van der Waals surface area contributed by atoms with E-state index >= 15 is 0 Å². The summed E-state index contributed by atoms with van der Waals surface area (Å²) in [6.07, 6.45) is 2.58. The predicted molar refractivity (Wildman–Crippen MR) is 113 cm³/mol. The van der Waals surface area contributed by atoms with Crippen molar-refractivity contribution in [1.29, 1.82) is 0 Å². The molecule has 1 aliphatic heterocycles. The number of hydrogen-bond acceptors (Lipinski definition) is 6. The van der Waals surface area contributed by atoms with Crippen LogP contribution in [0.2, 0.25) is 0 Å². The first-order valence-corrected chi connectivity index (χ1v) is 11.1. The Kier molecular flexibility index (Phi) is 5.29. The van der Waals surface area contributed by atoms with Crippen molar-refractivity contribution in [3.8, 4) is 0 Å². The van der Waals surface area contributed by atoms with Gasteiger partial charge in [0.05, 0.1) is 16.2 Å². The molecule has 0 bridgehead atoms. The Morgan fingerprint density at radius 3 is 2.53 bits per heavy atom. The Morgan fingerprint density at radius 1 is 1.13 bits per heavy atom. The standard InChI is InChI=1S/C20H17N3O5S2/c1-2-18(24)22-19-10-13-11-23(12-17(13)29-19)30(26,27)15-7-5-14(6-8-15)21-20(25)16-4-3-9-28-16/h2-10H,1,11-12H2,(H,21,25)(H,22,24). The van der Waals surface area contributed by atoms with Crippen molar-refractivity contribution in [2.45, 2.75) is 18.0 Å². The van der Waals surface area contributed by atoms with Gasteiger partial charge < -0.3 is 15.1 Å². The number of amides is 2. The van der Waals surface area contributed by atoms with Gasteiger partial charge in [-0.3, -0.25) is 9.59 Å². The number of carbonyl (C=O) groups excluding carboxylic acids is 2. The molecule has 1 aliphatic rings. The number of thiophene rings is 1. The molecule has 0 fully saturated rings. The average molecular weight is 444 g/mol. The van der Waals surface area contributed by atoms with Crippen molar-refractivity contribution in [1.82, 2.24) is 4.31 Å². The first-order chi connectivity index (χ1) is 14.4. The van der Waals surface area contributed by atoms with Gasteiger partial charge in [-0.2, -0.15) is 4.31 Å². The van der Waals surface area contributed by atoms with E-state index in [1.54, 1.807) is 12.1 Å². The molecule has 8 nitrogen and oxygen atoms in total. The highest BCUT2D eigenvalue weighted by atomic mass is 32.2. The van der Waals surface area contributed by atoms with Gasteiger partial charge in [0.1, 0.15) is 0 Å². The number of hydrogen-bond donors (Lipinski definition) is 2. The van der Waals surface area contributed by atoms with Gasteiger partial charge in [0.25, 0.3) is 5.91 Å². The van der Waals surface area contributed by atoms with Gasteiger partial charge in [-0.25, -0.2) is 8.42 Å². The van der Waals surface area contributed by atoms with E-state index in [-0.39, 0.29) is 29.7 Å². The lowest BCUT2D eigenvalue weighted by atomic mass is 10.3. The van der Waals surface area contributed by atoms with E-state index in [0.29, 0.717) is 10.7 Å². The summed E-state index contributed by atoms with van der Waals surface area (Å²) in [6.45, 7) is 3.88. The van der Waals surface area contributed by atoms with E-state index in [1.165, 1.54) is 58.3 Å². The fourth-order valence-electron chi connectivity index (χ4n) is 3.00. The molecule has 2 N–H and O–H groups in total. The SMILES string of the molecule is C=CC(=O)Nc1cc2c(s1)CN(S(=O)(=O)c1ccc(NC(=O)c3ccco3)cc1)C2. The Hall–Kier alpha value is -3.21. The second-order valence-electron chi connectivity index (χ2n) is 6.48. The smallest absolute Gasteiger partial charge is 0.291 e. The van der Waals surface area contributed by atoms with Gasteiger partial charge in [0, 0.05) is 23.7 Å². The number of rotatable bonds is 6. The molecule has 4 rings (SSSR count). The van der Waals surface area contributed by atoms with Crippen LogP contribution in [0.4, 0.5) is 10.7 Å². The van der Waals surface area contributed by atoms with Crippen molar-refractivity contribution < 1.29 is 22.4 Å². The zero-order chi connectivity index (χ0) is 21.3. The van der Waals surface area contributed by atoms with E-state index in [1.807, 2.05) is 0 Å². The summed E-state index contributed by atoms with van der Waals surface area (Å²) in [7, 11) is -3.70. The fourth-order valence-corrected chi connectivity index (χ4v) is 5.57. The van der Waals surface area contributed by atoms with E-state index in [2.05, 4.69) is 17.2 Å². The van der Waals surface area contributed by atoms with Crippen LogP contribution in [0, 0.1) is 0 Å². The summed E-state index contributed by atoms with van der Waals surface area (Å²) in [4.78, 5) is 24.5. The van der Waals surface area contributed by atoms with Crippen molar-refractivity contribution in [3.63, 3.8) is 0 Å². The number of furan rings is 1. The lowest BCUT2D eigenvalue weighted by Crippen LogP contribution is -2.25. The third-order valence-corrected chi connectivity index (χ3v) is 7.37. The molecule has 30 heavy (non-hydrogen) atoms. The minimum Gasteiger partial charge on any atom is -0.459 e. The van der Waals surface area contributed by atoms with Crippen molar-refractivity contribution in [2.75, 3.05) is 10.6 Å². The molecule has 0 unspecified atom stereocenters. The van der Waals surface area contributed by atoms with E-state index in [4.69, 9.17) is 4.42 Å². The van der Waals surface area contributed by atoms with Crippen LogP contribution in [-0.4, -0.2) is 24.5 Å². The molecule has 0 atom stereocenters. The van der Waals surface area contributed by atoms with Crippen molar-refractivity contribution >= 4 is 43.9 Å². The molecule has 0 saturated carbocycles. The van der Waals surface area contributed by atoms with Crippen LogP contribution in [0.15, 0.2) is 70.7 Å². The van der Waals surface area contributed by atoms with Crippen LogP contribution in [-0.2, 0) is 27.9 Å². The van der Waals surface area contributed by atoms with Gasteiger partial charge in [-0.05, 0) is 54.1 Å². The molecule has 0 radical (unpaired) electrons. The monoisotopic (exact) mass is 443 g/mol. The summed E-state index contributed by atoms with van der Waals surface area (Å²) in [5, 5.41) is 6.00. The molecule has 0 spiro atoms. The highest BCUT2D eigenvalue weighted by Crippen LogP contribution is 2.37. The summed E-state index contributed by atoms with van der Waals surface area (Å²) in [6, 6.07) is 10.9. The minimum absolute atomic E-state index is 0.133. The van der Waals surface area contributed by atoms with Crippen LogP contribution in [0.1, 0.15) is 21.0 Å². The second kappa shape index (κ2) is 7.90. The van der Waals surface area contributed by atoms with Crippen LogP contribution >= 0.6 is 11.3 Å². The number of fused-ring (bicyclic) bond motifs is 1. The van der Waals surface area contributed by atoms with E-state index < -0.39 is 15.9 Å². The number of benzene rings is 1. The van der Waals surface area contributed by atoms with Gasteiger partial charge in [0.2, 0.25) is 15.9 Å². The van der Waals surface area contributed by atoms with Crippen molar-refractivity contribution in [3.05, 3.63) is 77.6 Å². The average Bonchev–Trinajstić information content (AvgIpc) is 3.45. The molecule has 1 aromatic carbocycles. The van der Waals surface area contributed by atoms with Crippen LogP contribution in [0.5, 0.6) is 0 Å². The highest BCUT2D eigenvalue weighted by molar-refractivity contribution is 7.89. The van der Waals surface area contributed by atoms with Gasteiger partial charge in [-0.15, -0.1) is 11.3 Å².